The number of carbonyl (C=O) groups is 2. The van der Waals surface area contributed by atoms with Crippen LogP contribution in [0.5, 0.6) is 5.75 Å². The van der Waals surface area contributed by atoms with Crippen LogP contribution in [0.3, 0.4) is 0 Å². The summed E-state index contributed by atoms with van der Waals surface area (Å²) >= 11 is 0. The molecule has 1 heterocycles. The molecule has 4 rings (SSSR count). The average molecular weight is 474 g/mol. The molecule has 1 aromatic heterocycles. The van der Waals surface area contributed by atoms with Crippen molar-refractivity contribution in [3.8, 4) is 5.75 Å². The predicted molar refractivity (Wildman–Crippen MR) is 132 cm³/mol. The number of amides is 2. The number of carbonyl (C=O) groups excluding carboxylic acids is 2. The van der Waals surface area contributed by atoms with Gasteiger partial charge in [-0.3, -0.25) is 9.59 Å². The molecule has 9 heteroatoms. The van der Waals surface area contributed by atoms with Crippen LogP contribution in [-0.4, -0.2) is 28.9 Å². The zero-order valence-corrected chi connectivity index (χ0v) is 19.2. The molecular weight excluding hydrogens is 449 g/mol. The van der Waals surface area contributed by atoms with E-state index in [1.807, 2.05) is 31.2 Å². The number of hydrogen-bond acceptors (Lipinski definition) is 6. The molecule has 0 fully saturated rings. The molecule has 4 aromatic rings. The first-order valence-electron chi connectivity index (χ1n) is 11.0. The lowest BCUT2D eigenvalue weighted by Crippen LogP contribution is -2.15. The fourth-order valence-electron chi connectivity index (χ4n) is 3.83. The third-order valence-electron chi connectivity index (χ3n) is 5.61. The van der Waals surface area contributed by atoms with E-state index in [0.717, 1.165) is 11.6 Å². The van der Waals surface area contributed by atoms with E-state index in [-0.39, 0.29) is 17.4 Å². The van der Waals surface area contributed by atoms with Crippen molar-refractivity contribution >= 4 is 34.2 Å². The number of nitrogens with zero attached hydrogens (tertiary/aromatic N) is 2. The Bertz CT molecular complexity index is 1410. The van der Waals surface area contributed by atoms with E-state index in [9.17, 15) is 14.0 Å². The Morgan fingerprint density at radius 1 is 1.09 bits per heavy atom. The summed E-state index contributed by atoms with van der Waals surface area (Å²) in [7, 11) is 1.36. The number of anilines is 2. The van der Waals surface area contributed by atoms with E-state index in [2.05, 4.69) is 20.6 Å². The zero-order valence-electron chi connectivity index (χ0n) is 19.2. The Morgan fingerprint density at radius 2 is 1.89 bits per heavy atom. The van der Waals surface area contributed by atoms with Gasteiger partial charge in [0.15, 0.2) is 11.6 Å². The number of nitrogens with one attached hydrogen (secondary N) is 2. The number of ether oxygens (including phenoxy) is 1. The Kier molecular flexibility index (Phi) is 6.86. The number of rotatable bonds is 8. The minimum atomic E-state index is -0.610. The summed E-state index contributed by atoms with van der Waals surface area (Å²) in [6, 6.07) is 16.4. The summed E-state index contributed by atoms with van der Waals surface area (Å²) < 4.78 is 18.9. The summed E-state index contributed by atoms with van der Waals surface area (Å²) in [5.41, 5.74) is 7.93. The van der Waals surface area contributed by atoms with Crippen LogP contribution in [0.15, 0.2) is 67.0 Å². The lowest BCUT2D eigenvalue weighted by molar-refractivity contribution is 0.0998. The van der Waals surface area contributed by atoms with Gasteiger partial charge in [0, 0.05) is 16.6 Å². The molecule has 3 aromatic carbocycles. The van der Waals surface area contributed by atoms with E-state index < -0.39 is 17.6 Å². The first kappa shape index (κ1) is 23.6. The summed E-state index contributed by atoms with van der Waals surface area (Å²) in [4.78, 5) is 33.0. The Labute approximate surface area is 201 Å². The fraction of sp³-hybridized carbons (Fsp3) is 0.154. The maximum Gasteiger partial charge on any atom is 0.255 e. The van der Waals surface area contributed by atoms with Crippen molar-refractivity contribution in [2.75, 3.05) is 17.7 Å². The molecule has 0 radical (unpaired) electrons. The molecule has 0 bridgehead atoms. The number of para-hydroxylation sites is 1. The number of fused-ring (bicyclic) bond motifs is 1. The van der Waals surface area contributed by atoms with Crippen molar-refractivity contribution in [3.63, 3.8) is 0 Å². The van der Waals surface area contributed by atoms with Crippen LogP contribution in [0.4, 0.5) is 15.9 Å². The second-order valence-electron chi connectivity index (χ2n) is 7.82. The third-order valence-corrected chi connectivity index (χ3v) is 5.61. The Balaban J connectivity index is 1.58. The molecule has 0 aliphatic heterocycles. The van der Waals surface area contributed by atoms with Gasteiger partial charge in [0.2, 0.25) is 0 Å². The van der Waals surface area contributed by atoms with Gasteiger partial charge in [0.05, 0.1) is 24.2 Å². The standard InChI is InChI=1S/C26H24FN5O3/c1-3-21(32-25-19-9-5-8-18(24(28)33)23(19)29-14-30-25)15-6-4-7-17(12-15)31-26(34)16-10-11-22(35-2)20(27)13-16/h4-14,21H,3H2,1-2H3,(H2,28,33)(H,31,34)(H,29,30,32)/t21-/m1/s1. The lowest BCUT2D eigenvalue weighted by atomic mass is 10.0. The summed E-state index contributed by atoms with van der Waals surface area (Å²) in [5.74, 6) is -0.979. The molecule has 4 N–H and O–H groups in total. The second-order valence-corrected chi connectivity index (χ2v) is 7.82. The van der Waals surface area contributed by atoms with Gasteiger partial charge >= 0.3 is 0 Å². The second kappa shape index (κ2) is 10.2. The molecular formula is C26H24FN5O3. The molecule has 0 unspecified atom stereocenters. The molecule has 0 saturated heterocycles. The van der Waals surface area contributed by atoms with E-state index in [0.29, 0.717) is 34.4 Å². The van der Waals surface area contributed by atoms with E-state index in [1.54, 1.807) is 18.2 Å². The van der Waals surface area contributed by atoms with Crippen molar-refractivity contribution in [1.29, 1.82) is 0 Å². The van der Waals surface area contributed by atoms with Crippen molar-refractivity contribution < 1.29 is 18.7 Å². The van der Waals surface area contributed by atoms with Gasteiger partial charge in [-0.25, -0.2) is 14.4 Å². The molecule has 8 nitrogen and oxygen atoms in total. The Morgan fingerprint density at radius 3 is 2.60 bits per heavy atom. The van der Waals surface area contributed by atoms with Crippen molar-refractivity contribution in [2.45, 2.75) is 19.4 Å². The number of hydrogen-bond donors (Lipinski definition) is 3. The highest BCUT2D eigenvalue weighted by Crippen LogP contribution is 2.29. The lowest BCUT2D eigenvalue weighted by Gasteiger charge is -2.20. The highest BCUT2D eigenvalue weighted by Gasteiger charge is 2.16. The van der Waals surface area contributed by atoms with E-state index in [1.165, 1.54) is 25.6 Å². The van der Waals surface area contributed by atoms with Gasteiger partial charge in [0.1, 0.15) is 12.1 Å². The highest BCUT2D eigenvalue weighted by atomic mass is 19.1. The van der Waals surface area contributed by atoms with Crippen LogP contribution >= 0.6 is 0 Å². The first-order valence-corrected chi connectivity index (χ1v) is 11.0. The summed E-state index contributed by atoms with van der Waals surface area (Å²) in [5, 5.41) is 6.89. The largest absolute Gasteiger partial charge is 0.494 e. The number of benzene rings is 3. The highest BCUT2D eigenvalue weighted by molar-refractivity contribution is 6.07. The molecule has 2 amide bonds. The maximum absolute atomic E-state index is 14.0. The number of aromatic nitrogens is 2. The van der Waals surface area contributed by atoms with Crippen LogP contribution < -0.4 is 21.1 Å². The number of primary amides is 1. The van der Waals surface area contributed by atoms with Crippen LogP contribution in [0, 0.1) is 5.82 Å². The number of halogens is 1. The van der Waals surface area contributed by atoms with Gasteiger partial charge in [-0.2, -0.15) is 0 Å². The predicted octanol–water partition coefficient (Wildman–Crippen LogP) is 4.69. The zero-order chi connectivity index (χ0) is 24.9. The monoisotopic (exact) mass is 473 g/mol. The molecule has 0 saturated carbocycles. The minimum Gasteiger partial charge on any atom is -0.494 e. The SMILES string of the molecule is CC[C@@H](Nc1ncnc2c(C(N)=O)cccc12)c1cccc(NC(=O)c2ccc(OC)c(F)c2)c1. The van der Waals surface area contributed by atoms with Crippen molar-refractivity contribution in [3.05, 3.63) is 89.5 Å². The van der Waals surface area contributed by atoms with Crippen LogP contribution in [0.2, 0.25) is 0 Å². The van der Waals surface area contributed by atoms with Crippen molar-refractivity contribution in [1.82, 2.24) is 9.97 Å². The van der Waals surface area contributed by atoms with Crippen LogP contribution in [0.1, 0.15) is 45.7 Å². The van der Waals surface area contributed by atoms with E-state index in [4.69, 9.17) is 10.5 Å². The molecule has 0 aliphatic carbocycles. The summed E-state index contributed by atoms with van der Waals surface area (Å²) in [6.45, 7) is 2.02. The van der Waals surface area contributed by atoms with Gasteiger partial charge in [-0.15, -0.1) is 0 Å². The van der Waals surface area contributed by atoms with Gasteiger partial charge in [-0.1, -0.05) is 25.1 Å². The van der Waals surface area contributed by atoms with Gasteiger partial charge in [-0.05, 0) is 54.4 Å². The quantitative estimate of drug-likeness (QED) is 0.342. The third kappa shape index (κ3) is 5.03. The molecule has 178 valence electrons. The molecule has 1 atom stereocenters. The number of methoxy groups -OCH3 is 1. The maximum atomic E-state index is 14.0. The van der Waals surface area contributed by atoms with Crippen LogP contribution in [-0.2, 0) is 0 Å². The number of nitrogens with two attached hydrogens (primary N) is 1. The normalized spacial score (nSPS) is 11.6. The topological polar surface area (TPSA) is 119 Å². The molecule has 35 heavy (non-hydrogen) atoms. The minimum absolute atomic E-state index is 0.0700. The molecule has 0 spiro atoms. The average Bonchev–Trinajstić information content (AvgIpc) is 2.86. The van der Waals surface area contributed by atoms with Crippen LogP contribution in [0.25, 0.3) is 10.9 Å². The molecule has 0 aliphatic rings. The van der Waals surface area contributed by atoms with Gasteiger partial charge in [0.25, 0.3) is 11.8 Å². The van der Waals surface area contributed by atoms with Gasteiger partial charge < -0.3 is 21.1 Å². The summed E-state index contributed by atoms with van der Waals surface area (Å²) in [6.07, 6.45) is 2.09. The Hall–Kier alpha value is -4.53. The first-order chi connectivity index (χ1) is 16.9. The fourth-order valence-corrected chi connectivity index (χ4v) is 3.83. The smallest absolute Gasteiger partial charge is 0.255 e. The van der Waals surface area contributed by atoms with Crippen molar-refractivity contribution in [2.24, 2.45) is 5.73 Å². The van der Waals surface area contributed by atoms with E-state index >= 15 is 0 Å².